The first-order chi connectivity index (χ1) is 8.87. The molecular formula is C12H19F3N2O2. The van der Waals surface area contributed by atoms with Crippen molar-refractivity contribution in [3.05, 3.63) is 17.5 Å². The number of nitrogens with one attached hydrogen (secondary N) is 1. The van der Waals surface area contributed by atoms with E-state index in [-0.39, 0.29) is 13.2 Å². The molecule has 1 rings (SSSR count). The number of hydrogen-bond donors (Lipinski definition) is 1. The smallest absolute Gasteiger partial charge is 0.373 e. The van der Waals surface area contributed by atoms with Crippen LogP contribution in [0.2, 0.25) is 0 Å². The summed E-state index contributed by atoms with van der Waals surface area (Å²) in [6, 6.07) is 1.68. The Hall–Kier alpha value is -1.08. The van der Waals surface area contributed by atoms with Crippen molar-refractivity contribution < 1.29 is 22.4 Å². The molecule has 110 valence electrons. The van der Waals surface area contributed by atoms with E-state index in [0.29, 0.717) is 18.2 Å². The SMILES string of the molecule is CC(C)CNCc1cc(COCCC(F)(F)F)on1. The zero-order chi connectivity index (χ0) is 14.3. The standard InChI is InChI=1S/C12H19F3N2O2/c1-9(2)6-16-7-10-5-11(19-17-10)8-18-4-3-12(13,14)15/h5,9,16H,3-4,6-8H2,1-2H3. The van der Waals surface area contributed by atoms with Gasteiger partial charge in [-0.15, -0.1) is 0 Å². The van der Waals surface area contributed by atoms with Gasteiger partial charge in [-0.1, -0.05) is 19.0 Å². The third kappa shape index (κ3) is 7.84. The van der Waals surface area contributed by atoms with E-state index in [0.717, 1.165) is 12.2 Å². The van der Waals surface area contributed by atoms with Crippen LogP contribution in [0.25, 0.3) is 0 Å². The molecule has 0 atom stereocenters. The van der Waals surface area contributed by atoms with Crippen molar-refractivity contribution in [2.45, 2.75) is 39.6 Å². The lowest BCUT2D eigenvalue weighted by molar-refractivity contribution is -0.146. The minimum absolute atomic E-state index is 0.00720. The fraction of sp³-hybridized carbons (Fsp3) is 0.750. The summed E-state index contributed by atoms with van der Waals surface area (Å²) in [6.07, 6.45) is -5.14. The normalized spacial score (nSPS) is 12.3. The van der Waals surface area contributed by atoms with E-state index >= 15 is 0 Å². The number of nitrogens with zero attached hydrogens (tertiary/aromatic N) is 1. The average molecular weight is 280 g/mol. The van der Waals surface area contributed by atoms with Gasteiger partial charge in [0.15, 0.2) is 5.76 Å². The monoisotopic (exact) mass is 280 g/mol. The van der Waals surface area contributed by atoms with Crippen molar-refractivity contribution in [2.75, 3.05) is 13.2 Å². The summed E-state index contributed by atoms with van der Waals surface area (Å²) in [6.45, 7) is 5.26. The summed E-state index contributed by atoms with van der Waals surface area (Å²) in [5, 5.41) is 6.99. The van der Waals surface area contributed by atoms with E-state index in [9.17, 15) is 13.2 Å². The molecule has 1 heterocycles. The van der Waals surface area contributed by atoms with Crippen molar-refractivity contribution in [3.8, 4) is 0 Å². The van der Waals surface area contributed by atoms with Crippen molar-refractivity contribution in [1.29, 1.82) is 0 Å². The lowest BCUT2D eigenvalue weighted by atomic mass is 10.2. The number of halogens is 3. The highest BCUT2D eigenvalue weighted by atomic mass is 19.4. The molecule has 0 aliphatic rings. The molecule has 0 bridgehead atoms. The van der Waals surface area contributed by atoms with Gasteiger partial charge >= 0.3 is 6.18 Å². The molecule has 0 unspecified atom stereocenters. The summed E-state index contributed by atoms with van der Waals surface area (Å²) in [5.74, 6) is 0.973. The Bertz CT molecular complexity index is 364. The van der Waals surface area contributed by atoms with Gasteiger partial charge in [-0.2, -0.15) is 13.2 Å². The van der Waals surface area contributed by atoms with Crippen LogP contribution in [0.5, 0.6) is 0 Å². The van der Waals surface area contributed by atoms with Gasteiger partial charge in [0.2, 0.25) is 0 Å². The fourth-order valence-corrected chi connectivity index (χ4v) is 1.36. The van der Waals surface area contributed by atoms with Gasteiger partial charge < -0.3 is 14.6 Å². The Morgan fingerprint density at radius 3 is 2.79 bits per heavy atom. The number of hydrogen-bond acceptors (Lipinski definition) is 4. The second-order valence-electron chi connectivity index (χ2n) is 4.73. The summed E-state index contributed by atoms with van der Waals surface area (Å²) in [4.78, 5) is 0. The van der Waals surface area contributed by atoms with Gasteiger partial charge in [0.05, 0.1) is 18.7 Å². The van der Waals surface area contributed by atoms with Crippen LogP contribution in [0.3, 0.4) is 0 Å². The second-order valence-corrected chi connectivity index (χ2v) is 4.73. The largest absolute Gasteiger partial charge is 0.391 e. The molecule has 0 saturated heterocycles. The molecule has 7 heteroatoms. The Morgan fingerprint density at radius 2 is 2.16 bits per heavy atom. The van der Waals surface area contributed by atoms with Gasteiger partial charge in [0.25, 0.3) is 0 Å². The van der Waals surface area contributed by atoms with Crippen LogP contribution < -0.4 is 5.32 Å². The first-order valence-electron chi connectivity index (χ1n) is 6.16. The molecule has 0 radical (unpaired) electrons. The van der Waals surface area contributed by atoms with Crippen LogP contribution in [-0.2, 0) is 17.9 Å². The molecule has 0 fully saturated rings. The van der Waals surface area contributed by atoms with Crippen molar-refractivity contribution in [3.63, 3.8) is 0 Å². The third-order valence-electron chi connectivity index (χ3n) is 2.24. The average Bonchev–Trinajstić information content (AvgIpc) is 2.71. The summed E-state index contributed by atoms with van der Waals surface area (Å²) < 4.78 is 45.4. The number of rotatable bonds is 8. The number of aromatic nitrogens is 1. The first kappa shape index (κ1) is 16.0. The van der Waals surface area contributed by atoms with Crippen LogP contribution in [0.1, 0.15) is 31.7 Å². The van der Waals surface area contributed by atoms with E-state index in [1.165, 1.54) is 0 Å². The van der Waals surface area contributed by atoms with Gasteiger partial charge in [-0.25, -0.2) is 0 Å². The zero-order valence-corrected chi connectivity index (χ0v) is 11.1. The topological polar surface area (TPSA) is 47.3 Å². The maximum absolute atomic E-state index is 11.9. The molecule has 0 aliphatic carbocycles. The Kier molecular flexibility index (Phi) is 6.30. The highest BCUT2D eigenvalue weighted by Gasteiger charge is 2.26. The molecule has 1 N–H and O–H groups in total. The van der Waals surface area contributed by atoms with Crippen LogP contribution in [0, 0.1) is 5.92 Å². The Labute approximate surface area is 110 Å². The predicted octanol–water partition coefficient (Wildman–Crippen LogP) is 2.89. The van der Waals surface area contributed by atoms with E-state index in [2.05, 4.69) is 24.3 Å². The predicted molar refractivity (Wildman–Crippen MR) is 63.4 cm³/mol. The molecule has 19 heavy (non-hydrogen) atoms. The van der Waals surface area contributed by atoms with Gasteiger partial charge in [-0.3, -0.25) is 0 Å². The molecule has 0 amide bonds. The van der Waals surface area contributed by atoms with Crippen molar-refractivity contribution in [2.24, 2.45) is 5.92 Å². The Balaban J connectivity index is 2.19. The van der Waals surface area contributed by atoms with Gasteiger partial charge in [0.1, 0.15) is 6.61 Å². The van der Waals surface area contributed by atoms with E-state index in [4.69, 9.17) is 9.26 Å². The van der Waals surface area contributed by atoms with Crippen LogP contribution >= 0.6 is 0 Å². The fourth-order valence-electron chi connectivity index (χ4n) is 1.36. The molecule has 1 aromatic heterocycles. The maximum Gasteiger partial charge on any atom is 0.391 e. The van der Waals surface area contributed by atoms with Crippen LogP contribution in [0.4, 0.5) is 13.2 Å². The van der Waals surface area contributed by atoms with E-state index in [1.807, 2.05) is 0 Å². The maximum atomic E-state index is 11.9. The molecule has 0 spiro atoms. The molecule has 4 nitrogen and oxygen atoms in total. The van der Waals surface area contributed by atoms with Crippen LogP contribution in [0.15, 0.2) is 10.6 Å². The summed E-state index contributed by atoms with van der Waals surface area (Å²) in [5.41, 5.74) is 0.718. The highest BCUT2D eigenvalue weighted by Crippen LogP contribution is 2.19. The molecular weight excluding hydrogens is 261 g/mol. The second kappa shape index (κ2) is 7.49. The lowest BCUT2D eigenvalue weighted by Gasteiger charge is -2.05. The Morgan fingerprint density at radius 1 is 1.42 bits per heavy atom. The number of ether oxygens (including phenoxy) is 1. The van der Waals surface area contributed by atoms with Crippen LogP contribution in [-0.4, -0.2) is 24.5 Å². The number of alkyl halides is 3. The van der Waals surface area contributed by atoms with Crippen molar-refractivity contribution in [1.82, 2.24) is 10.5 Å². The van der Waals surface area contributed by atoms with E-state index < -0.39 is 12.6 Å². The molecule has 0 aliphatic heterocycles. The van der Waals surface area contributed by atoms with E-state index in [1.54, 1.807) is 6.07 Å². The first-order valence-corrected chi connectivity index (χ1v) is 6.16. The molecule has 1 aromatic rings. The minimum atomic E-state index is -4.19. The minimum Gasteiger partial charge on any atom is -0.373 e. The van der Waals surface area contributed by atoms with Gasteiger partial charge in [-0.05, 0) is 12.5 Å². The quantitative estimate of drug-likeness (QED) is 0.744. The molecule has 0 aromatic carbocycles. The molecule has 0 saturated carbocycles. The lowest BCUT2D eigenvalue weighted by Crippen LogP contribution is -2.19. The summed E-state index contributed by atoms with van der Waals surface area (Å²) >= 11 is 0. The van der Waals surface area contributed by atoms with Gasteiger partial charge in [0, 0.05) is 12.6 Å². The van der Waals surface area contributed by atoms with Crippen molar-refractivity contribution >= 4 is 0 Å². The summed E-state index contributed by atoms with van der Waals surface area (Å²) in [7, 11) is 0. The highest BCUT2D eigenvalue weighted by molar-refractivity contribution is 5.04. The zero-order valence-electron chi connectivity index (χ0n) is 11.1. The third-order valence-corrected chi connectivity index (χ3v) is 2.24.